The van der Waals surface area contributed by atoms with Gasteiger partial charge in [-0.3, -0.25) is 14.2 Å². The molecule has 0 bridgehead atoms. The van der Waals surface area contributed by atoms with Crippen LogP contribution in [0.2, 0.25) is 5.02 Å². The SMILES string of the molecule is O=C(CN/N=C/c1ccc(Cl)cc1)Cc1nc2ccc(I)cc2c(=O)n1-c1c[nH]c2ccccc12. The minimum Gasteiger partial charge on any atom is -0.359 e. The molecule has 35 heavy (non-hydrogen) atoms. The molecule has 0 aliphatic carbocycles. The molecule has 0 amide bonds. The Balaban J connectivity index is 1.46. The number of nitrogens with zero attached hydrogens (tertiary/aromatic N) is 3. The Labute approximate surface area is 219 Å². The maximum Gasteiger partial charge on any atom is 0.266 e. The lowest BCUT2D eigenvalue weighted by molar-refractivity contribution is -0.117. The zero-order valence-electron chi connectivity index (χ0n) is 18.3. The number of aromatic amines is 1. The van der Waals surface area contributed by atoms with Crippen LogP contribution in [0.1, 0.15) is 11.4 Å². The van der Waals surface area contributed by atoms with Crippen molar-refractivity contribution in [3.63, 3.8) is 0 Å². The second-order valence-electron chi connectivity index (χ2n) is 7.91. The molecule has 0 unspecified atom stereocenters. The molecule has 5 aromatic rings. The van der Waals surface area contributed by atoms with Crippen molar-refractivity contribution in [2.75, 3.05) is 6.54 Å². The number of hydrogen-bond acceptors (Lipinski definition) is 5. The molecule has 0 saturated carbocycles. The van der Waals surface area contributed by atoms with Gasteiger partial charge in [0.1, 0.15) is 5.82 Å². The van der Waals surface area contributed by atoms with Gasteiger partial charge in [0.05, 0.1) is 35.8 Å². The highest BCUT2D eigenvalue weighted by molar-refractivity contribution is 14.1. The fourth-order valence-electron chi connectivity index (χ4n) is 3.85. The van der Waals surface area contributed by atoms with Crippen molar-refractivity contribution in [3.05, 3.63) is 103 Å². The number of fused-ring (bicyclic) bond motifs is 2. The highest BCUT2D eigenvalue weighted by atomic mass is 127. The van der Waals surface area contributed by atoms with Crippen LogP contribution >= 0.6 is 34.2 Å². The van der Waals surface area contributed by atoms with Gasteiger partial charge < -0.3 is 10.4 Å². The Morgan fingerprint density at radius 3 is 2.74 bits per heavy atom. The summed E-state index contributed by atoms with van der Waals surface area (Å²) in [6.45, 7) is -0.00142. The summed E-state index contributed by atoms with van der Waals surface area (Å²) in [6.07, 6.45) is 3.36. The Bertz CT molecular complexity index is 1640. The van der Waals surface area contributed by atoms with Crippen molar-refractivity contribution in [2.45, 2.75) is 6.42 Å². The molecule has 0 spiro atoms. The minimum atomic E-state index is -0.213. The molecule has 7 nitrogen and oxygen atoms in total. The van der Waals surface area contributed by atoms with Gasteiger partial charge >= 0.3 is 0 Å². The van der Waals surface area contributed by atoms with Gasteiger partial charge in [0.2, 0.25) is 0 Å². The fourth-order valence-corrected chi connectivity index (χ4v) is 4.47. The van der Waals surface area contributed by atoms with E-state index in [0.717, 1.165) is 20.0 Å². The second-order valence-corrected chi connectivity index (χ2v) is 9.59. The van der Waals surface area contributed by atoms with E-state index < -0.39 is 0 Å². The summed E-state index contributed by atoms with van der Waals surface area (Å²) in [5.41, 5.74) is 5.53. The topological polar surface area (TPSA) is 92.1 Å². The molecule has 0 aliphatic rings. The van der Waals surface area contributed by atoms with Crippen LogP contribution < -0.4 is 11.0 Å². The lowest BCUT2D eigenvalue weighted by Gasteiger charge is -2.13. The van der Waals surface area contributed by atoms with Crippen molar-refractivity contribution >= 4 is 68.0 Å². The average Bonchev–Trinajstić information content (AvgIpc) is 3.27. The number of para-hydroxylation sites is 1. The third-order valence-corrected chi connectivity index (χ3v) is 6.44. The van der Waals surface area contributed by atoms with Gasteiger partial charge in [-0.25, -0.2) is 4.98 Å². The molecule has 2 N–H and O–H groups in total. The quantitative estimate of drug-likeness (QED) is 0.160. The summed E-state index contributed by atoms with van der Waals surface area (Å²) in [5.74, 6) is 0.227. The first-order valence-corrected chi connectivity index (χ1v) is 12.3. The minimum absolute atomic E-state index is 0.00142. The van der Waals surface area contributed by atoms with E-state index >= 15 is 0 Å². The first-order valence-electron chi connectivity index (χ1n) is 10.8. The van der Waals surface area contributed by atoms with Crippen LogP contribution in [-0.4, -0.2) is 33.1 Å². The molecular weight excluding hydrogens is 577 g/mol. The molecule has 2 aromatic heterocycles. The van der Waals surface area contributed by atoms with Gasteiger partial charge in [-0.1, -0.05) is 41.9 Å². The number of halogens is 2. The number of rotatable bonds is 7. The lowest BCUT2D eigenvalue weighted by Crippen LogP contribution is -2.28. The van der Waals surface area contributed by atoms with Crippen LogP contribution in [-0.2, 0) is 11.2 Å². The van der Waals surface area contributed by atoms with Gasteiger partial charge in [-0.05, 0) is 64.6 Å². The van der Waals surface area contributed by atoms with Crippen LogP contribution in [0, 0.1) is 3.57 Å². The molecule has 0 saturated heterocycles. The molecule has 0 radical (unpaired) electrons. The first-order chi connectivity index (χ1) is 17.0. The van der Waals surface area contributed by atoms with Gasteiger partial charge in [0.15, 0.2) is 5.78 Å². The fraction of sp³-hybridized carbons (Fsp3) is 0.0769. The summed E-state index contributed by atoms with van der Waals surface area (Å²) in [5, 5.41) is 6.13. The van der Waals surface area contributed by atoms with E-state index in [1.807, 2.05) is 48.5 Å². The van der Waals surface area contributed by atoms with Crippen molar-refractivity contribution in [1.29, 1.82) is 0 Å². The highest BCUT2D eigenvalue weighted by Crippen LogP contribution is 2.23. The van der Waals surface area contributed by atoms with Gasteiger partial charge in [-0.2, -0.15) is 5.10 Å². The van der Waals surface area contributed by atoms with Crippen molar-refractivity contribution in [3.8, 4) is 5.69 Å². The third-order valence-electron chi connectivity index (χ3n) is 5.51. The van der Waals surface area contributed by atoms with Crippen LogP contribution in [0.5, 0.6) is 0 Å². The average molecular weight is 596 g/mol. The van der Waals surface area contributed by atoms with Gasteiger partial charge in [0.25, 0.3) is 5.56 Å². The third kappa shape index (κ3) is 4.98. The summed E-state index contributed by atoms with van der Waals surface area (Å²) < 4.78 is 2.47. The Morgan fingerprint density at radius 2 is 1.91 bits per heavy atom. The molecule has 0 aliphatic heterocycles. The first kappa shape index (κ1) is 23.3. The van der Waals surface area contributed by atoms with Gasteiger partial charge in [0, 0.05) is 25.7 Å². The summed E-state index contributed by atoms with van der Waals surface area (Å²) in [4.78, 5) is 34.4. The number of nitrogens with one attached hydrogen (secondary N) is 2. The van der Waals surface area contributed by atoms with Crippen LogP contribution in [0.4, 0.5) is 0 Å². The van der Waals surface area contributed by atoms with Crippen molar-refractivity contribution in [1.82, 2.24) is 20.0 Å². The highest BCUT2D eigenvalue weighted by Gasteiger charge is 2.18. The van der Waals surface area contributed by atoms with E-state index in [0.29, 0.717) is 27.4 Å². The number of carbonyl (C=O) groups is 1. The van der Waals surface area contributed by atoms with Crippen molar-refractivity contribution in [2.24, 2.45) is 5.10 Å². The van der Waals surface area contributed by atoms with Crippen molar-refractivity contribution < 1.29 is 4.79 Å². The maximum absolute atomic E-state index is 13.6. The number of aromatic nitrogens is 3. The number of ketones is 1. The van der Waals surface area contributed by atoms with E-state index in [-0.39, 0.29) is 24.3 Å². The zero-order valence-corrected chi connectivity index (χ0v) is 21.2. The summed E-state index contributed by atoms with van der Waals surface area (Å²) in [7, 11) is 0. The smallest absolute Gasteiger partial charge is 0.266 e. The molecule has 9 heteroatoms. The second kappa shape index (κ2) is 10.0. The number of Topliss-reactive ketones (excluding diaryl/α,β-unsaturated/α-hetero) is 1. The largest absolute Gasteiger partial charge is 0.359 e. The maximum atomic E-state index is 13.6. The predicted molar refractivity (Wildman–Crippen MR) is 148 cm³/mol. The number of hydrazone groups is 1. The Kier molecular flexibility index (Phi) is 6.65. The Morgan fingerprint density at radius 1 is 1.11 bits per heavy atom. The number of benzene rings is 3. The Hall–Kier alpha value is -3.50. The molecule has 0 fully saturated rings. The van der Waals surface area contributed by atoms with Crippen LogP contribution in [0.15, 0.2) is 82.8 Å². The lowest BCUT2D eigenvalue weighted by atomic mass is 10.2. The summed E-state index contributed by atoms with van der Waals surface area (Å²) in [6, 6.07) is 20.4. The number of hydrogen-bond donors (Lipinski definition) is 2. The predicted octanol–water partition coefficient (Wildman–Crippen LogP) is 4.86. The van der Waals surface area contributed by atoms with E-state index in [4.69, 9.17) is 16.6 Å². The van der Waals surface area contributed by atoms with E-state index in [1.54, 1.807) is 30.6 Å². The monoisotopic (exact) mass is 595 g/mol. The number of carbonyl (C=O) groups excluding carboxylic acids is 1. The van der Waals surface area contributed by atoms with E-state index in [9.17, 15) is 9.59 Å². The summed E-state index contributed by atoms with van der Waals surface area (Å²) >= 11 is 8.06. The zero-order chi connectivity index (χ0) is 24.4. The molecule has 5 rings (SSSR count). The molecule has 174 valence electrons. The standard InChI is InChI=1S/C26H19ClIN5O2/c27-17-7-5-16(6-8-17)13-30-31-14-19(34)12-25-32-23-10-9-18(28)11-21(23)26(35)33(25)24-15-29-22-4-2-1-3-20(22)24/h1-11,13,15,29,31H,12,14H2/b30-13+. The van der Waals surface area contributed by atoms with Gasteiger partial charge in [-0.15, -0.1) is 0 Å². The van der Waals surface area contributed by atoms with Crippen LogP contribution in [0.25, 0.3) is 27.5 Å². The van der Waals surface area contributed by atoms with Crippen LogP contribution in [0.3, 0.4) is 0 Å². The van der Waals surface area contributed by atoms with E-state index in [2.05, 4.69) is 38.1 Å². The normalized spacial score (nSPS) is 11.5. The number of H-pyrrole nitrogens is 1. The molecule has 3 aromatic carbocycles. The molecular formula is C26H19ClIN5O2. The molecule has 2 heterocycles. The molecule has 0 atom stereocenters. The van der Waals surface area contributed by atoms with E-state index in [1.165, 1.54) is 4.57 Å².